The number of amides is 1. The lowest BCUT2D eigenvalue weighted by Gasteiger charge is -2.21. The van der Waals surface area contributed by atoms with E-state index in [4.69, 9.17) is 0 Å². The number of thiophene rings is 1. The summed E-state index contributed by atoms with van der Waals surface area (Å²) in [5, 5.41) is 2.08. The normalized spacial score (nSPS) is 14.2. The van der Waals surface area contributed by atoms with Gasteiger partial charge in [-0.2, -0.15) is 0 Å². The van der Waals surface area contributed by atoms with Crippen molar-refractivity contribution in [3.05, 3.63) is 58.3 Å². The highest BCUT2D eigenvalue weighted by Crippen LogP contribution is 2.30. The molecule has 0 saturated heterocycles. The van der Waals surface area contributed by atoms with Crippen LogP contribution in [-0.2, 0) is 17.8 Å². The molecule has 0 atom stereocenters. The minimum absolute atomic E-state index is 0.296. The van der Waals surface area contributed by atoms with Gasteiger partial charge in [0.25, 0.3) is 0 Å². The van der Waals surface area contributed by atoms with E-state index < -0.39 is 0 Å². The summed E-state index contributed by atoms with van der Waals surface area (Å²) < 4.78 is 0. The maximum Gasteiger partial charge on any atom is 0.223 e. The van der Waals surface area contributed by atoms with E-state index in [1.165, 1.54) is 23.3 Å². The third kappa shape index (κ3) is 3.48. The molecule has 20 heavy (non-hydrogen) atoms. The number of nitrogens with zero attached hydrogens (tertiary/aromatic N) is 1. The molecule has 104 valence electrons. The van der Waals surface area contributed by atoms with Gasteiger partial charge in [-0.25, -0.2) is 0 Å². The second-order valence-corrected chi connectivity index (χ2v) is 6.35. The minimum atomic E-state index is 0.296. The molecule has 1 amide bonds. The third-order valence-corrected chi connectivity index (χ3v) is 4.55. The summed E-state index contributed by atoms with van der Waals surface area (Å²) in [7, 11) is 0. The van der Waals surface area contributed by atoms with Gasteiger partial charge in [-0.3, -0.25) is 4.79 Å². The summed E-state index contributed by atoms with van der Waals surface area (Å²) in [6.45, 7) is 0.788. The van der Waals surface area contributed by atoms with Gasteiger partial charge in [-0.1, -0.05) is 36.4 Å². The Morgan fingerprint density at radius 1 is 1.15 bits per heavy atom. The molecule has 2 aromatic rings. The quantitative estimate of drug-likeness (QED) is 0.789. The molecule has 0 radical (unpaired) electrons. The fourth-order valence-electron chi connectivity index (χ4n) is 2.42. The molecule has 0 N–H and O–H groups in total. The van der Waals surface area contributed by atoms with Crippen LogP contribution in [0.2, 0.25) is 0 Å². The second kappa shape index (κ2) is 6.23. The van der Waals surface area contributed by atoms with Crippen LogP contribution in [-0.4, -0.2) is 16.8 Å². The number of rotatable bonds is 6. The fraction of sp³-hybridized carbons (Fsp3) is 0.353. The van der Waals surface area contributed by atoms with E-state index in [2.05, 4.69) is 34.5 Å². The summed E-state index contributed by atoms with van der Waals surface area (Å²) in [5.74, 6) is 0.296. The molecule has 3 heteroatoms. The van der Waals surface area contributed by atoms with Crippen molar-refractivity contribution in [1.29, 1.82) is 0 Å². The molecule has 0 spiro atoms. The molecular weight excluding hydrogens is 266 g/mol. The number of hydrogen-bond acceptors (Lipinski definition) is 2. The van der Waals surface area contributed by atoms with Gasteiger partial charge in [0.05, 0.1) is 6.54 Å². The molecule has 0 unspecified atom stereocenters. The van der Waals surface area contributed by atoms with Gasteiger partial charge in [0.15, 0.2) is 0 Å². The van der Waals surface area contributed by atoms with Crippen LogP contribution in [0.15, 0.2) is 47.8 Å². The maximum absolute atomic E-state index is 12.5. The van der Waals surface area contributed by atoms with Crippen molar-refractivity contribution in [1.82, 2.24) is 4.90 Å². The molecule has 0 bridgehead atoms. The molecule has 1 aliphatic carbocycles. The first kappa shape index (κ1) is 13.4. The van der Waals surface area contributed by atoms with Gasteiger partial charge >= 0.3 is 0 Å². The van der Waals surface area contributed by atoms with Gasteiger partial charge in [-0.15, -0.1) is 11.3 Å². The summed E-state index contributed by atoms with van der Waals surface area (Å²) in [6, 6.07) is 14.9. The zero-order valence-electron chi connectivity index (χ0n) is 11.5. The van der Waals surface area contributed by atoms with Crippen molar-refractivity contribution in [2.24, 2.45) is 0 Å². The number of carbonyl (C=O) groups is 1. The maximum atomic E-state index is 12.5. The van der Waals surface area contributed by atoms with Crippen LogP contribution >= 0.6 is 11.3 Å². The lowest BCUT2D eigenvalue weighted by atomic mass is 10.1. The number of hydrogen-bond donors (Lipinski definition) is 0. The van der Waals surface area contributed by atoms with Crippen molar-refractivity contribution >= 4 is 17.2 Å². The van der Waals surface area contributed by atoms with Crippen LogP contribution in [0.5, 0.6) is 0 Å². The Balaban J connectivity index is 1.58. The van der Waals surface area contributed by atoms with E-state index in [1.54, 1.807) is 11.3 Å². The molecule has 1 aliphatic rings. The molecule has 1 fully saturated rings. The average molecular weight is 285 g/mol. The van der Waals surface area contributed by atoms with E-state index in [1.807, 2.05) is 18.2 Å². The van der Waals surface area contributed by atoms with Gasteiger partial charge < -0.3 is 4.90 Å². The average Bonchev–Trinajstić information content (AvgIpc) is 3.20. The molecule has 1 aromatic heterocycles. The lowest BCUT2D eigenvalue weighted by molar-refractivity contribution is -0.132. The summed E-state index contributed by atoms with van der Waals surface area (Å²) >= 11 is 1.73. The van der Waals surface area contributed by atoms with E-state index in [0.717, 1.165) is 13.0 Å². The van der Waals surface area contributed by atoms with Crippen molar-refractivity contribution in [3.8, 4) is 0 Å². The smallest absolute Gasteiger partial charge is 0.223 e. The molecule has 0 aliphatic heterocycles. The standard InChI is InChI=1S/C17H19NOS/c19-17(11-8-14-5-2-1-3-6-14)18(15-9-10-15)13-16-7-4-12-20-16/h1-7,12,15H,8-11,13H2. The first-order chi connectivity index (χ1) is 9.83. The highest BCUT2D eigenvalue weighted by atomic mass is 32.1. The van der Waals surface area contributed by atoms with Crippen molar-refractivity contribution in [2.45, 2.75) is 38.3 Å². The van der Waals surface area contributed by atoms with Gasteiger partial charge in [0, 0.05) is 17.3 Å². The largest absolute Gasteiger partial charge is 0.335 e. The Hall–Kier alpha value is -1.61. The lowest BCUT2D eigenvalue weighted by Crippen LogP contribution is -2.32. The second-order valence-electron chi connectivity index (χ2n) is 5.32. The van der Waals surface area contributed by atoms with Crippen LogP contribution in [0, 0.1) is 0 Å². The first-order valence-electron chi connectivity index (χ1n) is 7.19. The monoisotopic (exact) mass is 285 g/mol. The minimum Gasteiger partial charge on any atom is -0.335 e. The number of aryl methyl sites for hydroxylation is 1. The Kier molecular flexibility index (Phi) is 4.16. The molecule has 1 saturated carbocycles. The summed E-state index contributed by atoms with van der Waals surface area (Å²) in [4.78, 5) is 15.8. The summed E-state index contributed by atoms with van der Waals surface area (Å²) in [6.07, 6.45) is 3.80. The fourth-order valence-corrected chi connectivity index (χ4v) is 3.12. The number of carbonyl (C=O) groups excluding carboxylic acids is 1. The zero-order valence-corrected chi connectivity index (χ0v) is 12.3. The van der Waals surface area contributed by atoms with Crippen molar-refractivity contribution in [2.75, 3.05) is 0 Å². The van der Waals surface area contributed by atoms with Crippen molar-refractivity contribution < 1.29 is 4.79 Å². The zero-order chi connectivity index (χ0) is 13.8. The highest BCUT2D eigenvalue weighted by molar-refractivity contribution is 7.09. The van der Waals surface area contributed by atoms with Crippen molar-refractivity contribution in [3.63, 3.8) is 0 Å². The van der Waals surface area contributed by atoms with Crippen LogP contribution in [0.4, 0.5) is 0 Å². The van der Waals surface area contributed by atoms with E-state index in [0.29, 0.717) is 18.4 Å². The Bertz CT molecular complexity index is 546. The molecule has 1 aromatic carbocycles. The van der Waals surface area contributed by atoms with Gasteiger partial charge in [0.2, 0.25) is 5.91 Å². The number of benzene rings is 1. The molecule has 1 heterocycles. The Morgan fingerprint density at radius 2 is 1.95 bits per heavy atom. The molecule has 2 nitrogen and oxygen atoms in total. The predicted molar refractivity (Wildman–Crippen MR) is 82.7 cm³/mol. The van der Waals surface area contributed by atoms with E-state index in [-0.39, 0.29) is 0 Å². The van der Waals surface area contributed by atoms with E-state index in [9.17, 15) is 4.79 Å². The van der Waals surface area contributed by atoms with Crippen LogP contribution in [0.1, 0.15) is 29.7 Å². The SMILES string of the molecule is O=C(CCc1ccccc1)N(Cc1cccs1)C1CC1. The third-order valence-electron chi connectivity index (χ3n) is 3.68. The Labute approximate surface area is 124 Å². The molecule has 3 rings (SSSR count). The summed E-state index contributed by atoms with van der Waals surface area (Å²) in [5.41, 5.74) is 1.24. The first-order valence-corrected chi connectivity index (χ1v) is 8.06. The van der Waals surface area contributed by atoms with Gasteiger partial charge in [-0.05, 0) is 36.3 Å². The molecular formula is C17H19NOS. The topological polar surface area (TPSA) is 20.3 Å². The Morgan fingerprint density at radius 3 is 2.60 bits per heavy atom. The van der Waals surface area contributed by atoms with E-state index >= 15 is 0 Å². The van der Waals surface area contributed by atoms with Crippen LogP contribution in [0.3, 0.4) is 0 Å². The van der Waals surface area contributed by atoms with Gasteiger partial charge in [0.1, 0.15) is 0 Å². The van der Waals surface area contributed by atoms with Crippen LogP contribution in [0.25, 0.3) is 0 Å². The highest BCUT2D eigenvalue weighted by Gasteiger charge is 2.32. The predicted octanol–water partition coefficient (Wildman–Crippen LogP) is 3.87. The van der Waals surface area contributed by atoms with Crippen LogP contribution < -0.4 is 0 Å².